The van der Waals surface area contributed by atoms with E-state index < -0.39 is 9.25 Å². The summed E-state index contributed by atoms with van der Waals surface area (Å²) in [7, 11) is -0.886. The van der Waals surface area contributed by atoms with Crippen molar-refractivity contribution in [1.82, 2.24) is 4.31 Å². The average Bonchev–Trinajstić information content (AvgIpc) is 2.19. The largest absolute Gasteiger partial charge is 0.396 e. The normalized spacial score (nSPS) is 22.3. The van der Waals surface area contributed by atoms with Crippen LogP contribution < -0.4 is 0 Å². The van der Waals surface area contributed by atoms with E-state index in [4.69, 9.17) is 10.2 Å². The van der Waals surface area contributed by atoms with Crippen molar-refractivity contribution in [1.29, 1.82) is 0 Å². The van der Waals surface area contributed by atoms with E-state index in [1.54, 1.807) is 0 Å². The lowest BCUT2D eigenvalue weighted by molar-refractivity contribution is 0.0827. The van der Waals surface area contributed by atoms with Crippen LogP contribution in [0.1, 0.15) is 12.8 Å². The standard InChI is InChI=1S/C10H23NO2S2/c1-15(2,14)11-5-3-9(4-6-11)10(7-12)8-13/h9-10,12-14H,3-8H2,1-2H3. The number of aliphatic hydroxyl groups is 2. The van der Waals surface area contributed by atoms with Crippen molar-refractivity contribution in [2.24, 2.45) is 11.8 Å². The van der Waals surface area contributed by atoms with Crippen LogP contribution in [0.3, 0.4) is 0 Å². The zero-order valence-electron chi connectivity index (χ0n) is 9.59. The van der Waals surface area contributed by atoms with Gasteiger partial charge in [-0.05, 0) is 31.3 Å². The van der Waals surface area contributed by atoms with Crippen molar-refractivity contribution < 1.29 is 10.2 Å². The van der Waals surface area contributed by atoms with E-state index in [0.717, 1.165) is 25.9 Å². The Hall–Kier alpha value is 0.580. The first kappa shape index (κ1) is 13.6. The first-order valence-electron chi connectivity index (χ1n) is 5.41. The lowest BCUT2D eigenvalue weighted by atomic mass is 9.86. The molecule has 3 nitrogen and oxygen atoms in total. The smallest absolute Gasteiger partial charge is 0.0483 e. The summed E-state index contributed by atoms with van der Waals surface area (Å²) in [4.78, 5) is 0. The van der Waals surface area contributed by atoms with Crippen LogP contribution in [-0.2, 0) is 0 Å². The van der Waals surface area contributed by atoms with Gasteiger partial charge in [0, 0.05) is 32.2 Å². The number of thiol groups is 1. The van der Waals surface area contributed by atoms with Gasteiger partial charge in [0.15, 0.2) is 0 Å². The Balaban J connectivity index is 2.42. The molecule has 1 aliphatic heterocycles. The fraction of sp³-hybridized carbons (Fsp3) is 1.00. The molecule has 0 spiro atoms. The van der Waals surface area contributed by atoms with E-state index in [9.17, 15) is 0 Å². The van der Waals surface area contributed by atoms with Crippen LogP contribution in [0.5, 0.6) is 0 Å². The Bertz CT molecular complexity index is 184. The van der Waals surface area contributed by atoms with E-state index in [-0.39, 0.29) is 19.1 Å². The molecule has 0 aromatic carbocycles. The molecule has 0 radical (unpaired) electrons. The lowest BCUT2D eigenvalue weighted by Gasteiger charge is -2.44. The molecule has 1 fully saturated rings. The van der Waals surface area contributed by atoms with Gasteiger partial charge in [0.2, 0.25) is 0 Å². The molecule has 1 saturated heterocycles. The summed E-state index contributed by atoms with van der Waals surface area (Å²) in [6.45, 7) is 2.32. The quantitative estimate of drug-likeness (QED) is 0.520. The van der Waals surface area contributed by atoms with Crippen LogP contribution in [0.15, 0.2) is 0 Å². The number of hydrogen-bond acceptors (Lipinski definition) is 4. The van der Waals surface area contributed by atoms with Crippen molar-refractivity contribution in [3.05, 3.63) is 0 Å². The molecule has 0 aromatic heterocycles. The number of piperidine rings is 1. The maximum atomic E-state index is 9.12. The maximum Gasteiger partial charge on any atom is 0.0483 e. The fourth-order valence-corrected chi connectivity index (χ4v) is 3.74. The monoisotopic (exact) mass is 253 g/mol. The molecule has 1 rings (SSSR count). The molecular weight excluding hydrogens is 230 g/mol. The van der Waals surface area contributed by atoms with Gasteiger partial charge < -0.3 is 10.2 Å². The molecule has 0 amide bonds. The molecule has 15 heavy (non-hydrogen) atoms. The number of aliphatic hydroxyl groups excluding tert-OH is 2. The molecule has 0 aliphatic carbocycles. The van der Waals surface area contributed by atoms with E-state index >= 15 is 0 Å². The highest BCUT2D eigenvalue weighted by Gasteiger charge is 2.28. The van der Waals surface area contributed by atoms with Crippen LogP contribution in [0.2, 0.25) is 0 Å². The summed E-state index contributed by atoms with van der Waals surface area (Å²) in [5, 5.41) is 18.2. The highest BCUT2D eigenvalue weighted by atomic mass is 33.1. The zero-order valence-corrected chi connectivity index (χ0v) is 11.3. The number of nitrogens with zero attached hydrogens (tertiary/aromatic N) is 1. The van der Waals surface area contributed by atoms with Gasteiger partial charge in [0.05, 0.1) is 0 Å². The summed E-state index contributed by atoms with van der Waals surface area (Å²) in [5.41, 5.74) is 0. The van der Waals surface area contributed by atoms with Gasteiger partial charge in [-0.15, -0.1) is 20.9 Å². The van der Waals surface area contributed by atoms with Crippen molar-refractivity contribution in [3.8, 4) is 0 Å². The Morgan fingerprint density at radius 2 is 1.73 bits per heavy atom. The summed E-state index contributed by atoms with van der Waals surface area (Å²) in [5.74, 6) is 0.552. The van der Waals surface area contributed by atoms with Crippen LogP contribution in [0.4, 0.5) is 0 Å². The van der Waals surface area contributed by atoms with Crippen LogP contribution >= 0.6 is 20.9 Å². The minimum Gasteiger partial charge on any atom is -0.396 e. The second-order valence-corrected chi connectivity index (χ2v) is 10.2. The predicted octanol–water partition coefficient (Wildman–Crippen LogP) is 1.12. The van der Waals surface area contributed by atoms with Gasteiger partial charge in [-0.25, -0.2) is 0 Å². The maximum absolute atomic E-state index is 9.12. The van der Waals surface area contributed by atoms with Gasteiger partial charge >= 0.3 is 0 Å². The molecule has 0 saturated carbocycles. The predicted molar refractivity (Wildman–Crippen MR) is 70.4 cm³/mol. The zero-order chi connectivity index (χ0) is 11.5. The van der Waals surface area contributed by atoms with Gasteiger partial charge in [-0.2, -0.15) is 0 Å². The third-order valence-electron chi connectivity index (χ3n) is 3.27. The third-order valence-corrected chi connectivity index (χ3v) is 5.59. The second-order valence-electron chi connectivity index (χ2n) is 4.61. The number of rotatable bonds is 4. The van der Waals surface area contributed by atoms with E-state index in [1.165, 1.54) is 0 Å². The molecule has 92 valence electrons. The molecule has 1 heterocycles. The molecule has 5 heteroatoms. The highest BCUT2D eigenvalue weighted by molar-refractivity contribution is 8.86. The summed E-state index contributed by atoms with van der Waals surface area (Å²) < 4.78 is 2.43. The fourth-order valence-electron chi connectivity index (χ4n) is 2.15. The van der Waals surface area contributed by atoms with Crippen molar-refractivity contribution in [2.75, 3.05) is 38.8 Å². The second kappa shape index (κ2) is 5.77. The minimum atomic E-state index is -0.886. The molecule has 0 bridgehead atoms. The first-order chi connectivity index (χ1) is 6.99. The topological polar surface area (TPSA) is 43.7 Å². The van der Waals surface area contributed by atoms with Crippen LogP contribution in [0.25, 0.3) is 0 Å². The first-order valence-corrected chi connectivity index (χ1v) is 8.87. The highest BCUT2D eigenvalue weighted by Crippen LogP contribution is 2.50. The van der Waals surface area contributed by atoms with Crippen molar-refractivity contribution in [3.63, 3.8) is 0 Å². The van der Waals surface area contributed by atoms with Gasteiger partial charge in [-0.1, -0.05) is 0 Å². The van der Waals surface area contributed by atoms with Crippen LogP contribution in [0, 0.1) is 11.8 Å². The molecule has 0 aromatic rings. The summed E-state index contributed by atoms with van der Waals surface area (Å²) in [6, 6.07) is 0. The van der Waals surface area contributed by atoms with E-state index in [2.05, 4.69) is 28.5 Å². The van der Waals surface area contributed by atoms with Crippen molar-refractivity contribution >= 4 is 20.9 Å². The number of hydrogen-bond donors (Lipinski definition) is 3. The molecule has 1 aliphatic rings. The van der Waals surface area contributed by atoms with Crippen LogP contribution in [-0.4, -0.2) is 53.3 Å². The Labute approximate surface area is 99.1 Å². The van der Waals surface area contributed by atoms with E-state index in [0.29, 0.717) is 5.92 Å². The minimum absolute atomic E-state index is 0.0742. The van der Waals surface area contributed by atoms with Gasteiger partial charge in [-0.3, -0.25) is 4.31 Å². The van der Waals surface area contributed by atoms with Crippen molar-refractivity contribution in [2.45, 2.75) is 12.8 Å². The summed E-state index contributed by atoms with van der Waals surface area (Å²) >= 11 is 4.64. The average molecular weight is 253 g/mol. The Morgan fingerprint density at radius 1 is 1.27 bits per heavy atom. The molecular formula is C10H23NO2S2. The Kier molecular flexibility index (Phi) is 5.25. The lowest BCUT2D eigenvalue weighted by Crippen LogP contribution is -2.37. The third kappa shape index (κ3) is 3.82. The van der Waals surface area contributed by atoms with Gasteiger partial charge in [0.1, 0.15) is 0 Å². The summed E-state index contributed by atoms with van der Waals surface area (Å²) in [6.07, 6.45) is 6.52. The molecule has 0 unspecified atom stereocenters. The van der Waals surface area contributed by atoms with Gasteiger partial charge in [0.25, 0.3) is 0 Å². The van der Waals surface area contributed by atoms with E-state index in [1.807, 2.05) is 0 Å². The molecule has 0 atom stereocenters. The Morgan fingerprint density at radius 3 is 2.07 bits per heavy atom. The molecule has 2 N–H and O–H groups in total. The SMILES string of the molecule is CS(C)(S)N1CCC(C(CO)CO)CC1.